The third kappa shape index (κ3) is 2.14. The molecule has 0 bridgehead atoms. The van der Waals surface area contributed by atoms with Gasteiger partial charge in [-0.25, -0.2) is 0 Å². The Labute approximate surface area is 116 Å². The van der Waals surface area contributed by atoms with Gasteiger partial charge < -0.3 is 4.90 Å². The average Bonchev–Trinajstić information content (AvgIpc) is 3.09. The highest BCUT2D eigenvalue weighted by Gasteiger charge is 2.29. The van der Waals surface area contributed by atoms with Gasteiger partial charge in [-0.3, -0.25) is 0 Å². The zero-order chi connectivity index (χ0) is 12.8. The van der Waals surface area contributed by atoms with Crippen LogP contribution >= 0.6 is 0 Å². The van der Waals surface area contributed by atoms with Crippen LogP contribution in [0.25, 0.3) is 6.08 Å². The summed E-state index contributed by atoms with van der Waals surface area (Å²) < 4.78 is 0. The van der Waals surface area contributed by atoms with Gasteiger partial charge >= 0.3 is 0 Å². The molecule has 0 spiro atoms. The standard InChI is InChI=1S/C18H23N/c1-19-10-2-3-17(19)11-16-9-7-14-6-8-15(12-18(14)16)13-4-5-13/h6-9,12-13,16-17H,2-5,10-11H2,1H3/t16-,17-/m1/s1. The van der Waals surface area contributed by atoms with Crippen molar-refractivity contribution in [3.63, 3.8) is 0 Å². The van der Waals surface area contributed by atoms with E-state index in [-0.39, 0.29) is 0 Å². The van der Waals surface area contributed by atoms with Gasteiger partial charge in [0.05, 0.1) is 0 Å². The maximum Gasteiger partial charge on any atom is 0.0101 e. The minimum atomic E-state index is 0.666. The van der Waals surface area contributed by atoms with Crippen LogP contribution in [0.1, 0.15) is 60.6 Å². The first-order valence-corrected chi connectivity index (χ1v) is 7.83. The smallest absolute Gasteiger partial charge is 0.0101 e. The first-order valence-electron chi connectivity index (χ1n) is 7.83. The molecule has 2 atom stereocenters. The quantitative estimate of drug-likeness (QED) is 0.782. The fraction of sp³-hybridized carbons (Fsp3) is 0.556. The van der Waals surface area contributed by atoms with E-state index in [9.17, 15) is 0 Å². The first kappa shape index (κ1) is 11.7. The molecule has 1 aromatic rings. The Balaban J connectivity index is 1.56. The number of fused-ring (bicyclic) bond motifs is 1. The molecular weight excluding hydrogens is 230 g/mol. The maximum absolute atomic E-state index is 2.55. The molecule has 0 amide bonds. The highest BCUT2D eigenvalue weighted by atomic mass is 15.1. The van der Waals surface area contributed by atoms with E-state index in [4.69, 9.17) is 0 Å². The summed E-state index contributed by atoms with van der Waals surface area (Å²) >= 11 is 0. The second-order valence-corrected chi connectivity index (χ2v) is 6.64. The van der Waals surface area contributed by atoms with E-state index < -0.39 is 0 Å². The number of rotatable bonds is 3. The maximum atomic E-state index is 2.55. The summed E-state index contributed by atoms with van der Waals surface area (Å²) in [6.45, 7) is 1.29. The molecule has 19 heavy (non-hydrogen) atoms. The fourth-order valence-electron chi connectivity index (χ4n) is 3.84. The molecule has 1 saturated heterocycles. The molecular formula is C18H23N. The summed E-state index contributed by atoms with van der Waals surface area (Å²) in [5.41, 5.74) is 4.66. The van der Waals surface area contributed by atoms with E-state index in [1.807, 2.05) is 0 Å². The van der Waals surface area contributed by atoms with Crippen LogP contribution in [0.2, 0.25) is 0 Å². The predicted octanol–water partition coefficient (Wildman–Crippen LogP) is 4.16. The van der Waals surface area contributed by atoms with Crippen molar-refractivity contribution in [2.45, 2.75) is 50.0 Å². The van der Waals surface area contributed by atoms with E-state index in [1.165, 1.54) is 44.2 Å². The molecule has 3 aliphatic rings. The van der Waals surface area contributed by atoms with E-state index >= 15 is 0 Å². The Morgan fingerprint density at radius 1 is 1.21 bits per heavy atom. The van der Waals surface area contributed by atoms with Crippen molar-refractivity contribution < 1.29 is 0 Å². The van der Waals surface area contributed by atoms with Crippen LogP contribution in [0, 0.1) is 0 Å². The van der Waals surface area contributed by atoms with Crippen LogP contribution in [-0.2, 0) is 0 Å². The molecule has 0 N–H and O–H groups in total. The minimum absolute atomic E-state index is 0.666. The van der Waals surface area contributed by atoms with Crippen LogP contribution < -0.4 is 0 Å². The number of likely N-dealkylation sites (tertiary alicyclic amines) is 1. The third-order valence-corrected chi connectivity index (χ3v) is 5.26. The van der Waals surface area contributed by atoms with Crippen molar-refractivity contribution in [2.24, 2.45) is 0 Å². The van der Waals surface area contributed by atoms with Crippen molar-refractivity contribution in [1.82, 2.24) is 4.90 Å². The van der Waals surface area contributed by atoms with Crippen molar-refractivity contribution in [1.29, 1.82) is 0 Å². The Hall–Kier alpha value is -1.08. The van der Waals surface area contributed by atoms with E-state index in [0.717, 1.165) is 12.0 Å². The Morgan fingerprint density at radius 3 is 2.84 bits per heavy atom. The van der Waals surface area contributed by atoms with Crippen molar-refractivity contribution in [3.8, 4) is 0 Å². The number of nitrogens with zero attached hydrogens (tertiary/aromatic N) is 1. The molecule has 1 heterocycles. The van der Waals surface area contributed by atoms with Gasteiger partial charge in [0.15, 0.2) is 0 Å². The van der Waals surface area contributed by atoms with Crippen molar-refractivity contribution in [3.05, 3.63) is 41.0 Å². The number of hydrogen-bond donors (Lipinski definition) is 0. The van der Waals surface area contributed by atoms with E-state index in [2.05, 4.69) is 42.3 Å². The van der Waals surface area contributed by atoms with Gasteiger partial charge in [-0.2, -0.15) is 0 Å². The highest BCUT2D eigenvalue weighted by molar-refractivity contribution is 5.63. The second-order valence-electron chi connectivity index (χ2n) is 6.64. The van der Waals surface area contributed by atoms with Gasteiger partial charge in [0.1, 0.15) is 0 Å². The number of hydrogen-bond acceptors (Lipinski definition) is 1. The topological polar surface area (TPSA) is 3.24 Å². The molecule has 1 nitrogen and oxygen atoms in total. The van der Waals surface area contributed by atoms with Gasteiger partial charge in [0.2, 0.25) is 0 Å². The molecule has 0 radical (unpaired) electrons. The zero-order valence-corrected chi connectivity index (χ0v) is 11.8. The molecule has 100 valence electrons. The summed E-state index contributed by atoms with van der Waals surface area (Å²) in [5, 5.41) is 0. The number of benzene rings is 1. The predicted molar refractivity (Wildman–Crippen MR) is 80.5 cm³/mol. The summed E-state index contributed by atoms with van der Waals surface area (Å²) in [6, 6.07) is 8.00. The van der Waals surface area contributed by atoms with Crippen molar-refractivity contribution in [2.75, 3.05) is 13.6 Å². The summed E-state index contributed by atoms with van der Waals surface area (Å²) in [5.74, 6) is 1.54. The Kier molecular flexibility index (Phi) is 2.77. The summed E-state index contributed by atoms with van der Waals surface area (Å²) in [7, 11) is 2.29. The van der Waals surface area contributed by atoms with Crippen LogP contribution in [0.4, 0.5) is 0 Å². The fourth-order valence-corrected chi connectivity index (χ4v) is 3.84. The van der Waals surface area contributed by atoms with E-state index in [0.29, 0.717) is 5.92 Å². The molecule has 0 unspecified atom stereocenters. The highest BCUT2D eigenvalue weighted by Crippen LogP contribution is 2.43. The Morgan fingerprint density at radius 2 is 2.11 bits per heavy atom. The van der Waals surface area contributed by atoms with Crippen LogP contribution in [0.15, 0.2) is 24.3 Å². The monoisotopic (exact) mass is 253 g/mol. The second kappa shape index (κ2) is 4.49. The van der Waals surface area contributed by atoms with Gasteiger partial charge in [-0.15, -0.1) is 0 Å². The molecule has 4 rings (SSSR count). The molecule has 1 saturated carbocycles. The van der Waals surface area contributed by atoms with Crippen molar-refractivity contribution >= 4 is 6.08 Å². The molecule has 0 aromatic heterocycles. The number of allylic oxidation sites excluding steroid dienone is 1. The molecule has 1 aromatic carbocycles. The average molecular weight is 253 g/mol. The summed E-state index contributed by atoms with van der Waals surface area (Å²) in [6.07, 6.45) is 11.7. The van der Waals surface area contributed by atoms with Gasteiger partial charge in [-0.05, 0) is 68.3 Å². The lowest BCUT2D eigenvalue weighted by Crippen LogP contribution is -2.26. The largest absolute Gasteiger partial charge is 0.303 e. The van der Waals surface area contributed by atoms with Gasteiger partial charge in [0, 0.05) is 12.0 Å². The molecule has 2 fully saturated rings. The lowest BCUT2D eigenvalue weighted by atomic mass is 9.91. The minimum Gasteiger partial charge on any atom is -0.303 e. The van der Waals surface area contributed by atoms with Crippen LogP contribution in [0.3, 0.4) is 0 Å². The SMILES string of the molecule is CN1CCC[C@@H]1C[C@H]1C=Cc2ccc(C3CC3)cc21. The first-order chi connectivity index (χ1) is 9.31. The lowest BCUT2D eigenvalue weighted by molar-refractivity contribution is 0.290. The van der Waals surface area contributed by atoms with Crippen LogP contribution in [-0.4, -0.2) is 24.5 Å². The lowest BCUT2D eigenvalue weighted by Gasteiger charge is -2.23. The molecule has 1 heteroatoms. The molecule has 2 aliphatic carbocycles. The third-order valence-electron chi connectivity index (χ3n) is 5.26. The Bertz CT molecular complexity index is 512. The normalized spacial score (nSPS) is 29.9. The zero-order valence-electron chi connectivity index (χ0n) is 11.8. The van der Waals surface area contributed by atoms with Gasteiger partial charge in [0.25, 0.3) is 0 Å². The summed E-state index contributed by atoms with van der Waals surface area (Å²) in [4.78, 5) is 2.55. The van der Waals surface area contributed by atoms with Crippen LogP contribution in [0.5, 0.6) is 0 Å². The molecule has 1 aliphatic heterocycles. The van der Waals surface area contributed by atoms with Gasteiger partial charge in [-0.1, -0.05) is 30.4 Å². The van der Waals surface area contributed by atoms with E-state index in [1.54, 1.807) is 11.1 Å².